The molecule has 2 N–H and O–H groups in total. The number of methoxy groups -OCH3 is 1. The summed E-state index contributed by atoms with van der Waals surface area (Å²) in [5, 5.41) is 5.78. The van der Waals surface area contributed by atoms with Gasteiger partial charge in [0.2, 0.25) is 5.91 Å². The fourth-order valence-electron chi connectivity index (χ4n) is 1.65. The van der Waals surface area contributed by atoms with E-state index in [2.05, 4.69) is 17.6 Å². The zero-order chi connectivity index (χ0) is 15.7. The highest BCUT2D eigenvalue weighted by molar-refractivity contribution is 7.80. The van der Waals surface area contributed by atoms with Gasteiger partial charge in [0.1, 0.15) is 0 Å². The maximum Gasteiger partial charge on any atom is 0.222 e. The molecule has 0 aliphatic heterocycles. The van der Waals surface area contributed by atoms with Crippen molar-refractivity contribution in [3.05, 3.63) is 23.8 Å². The largest absolute Gasteiger partial charge is 0.493 e. The summed E-state index contributed by atoms with van der Waals surface area (Å²) < 4.78 is 11.0. The van der Waals surface area contributed by atoms with E-state index < -0.39 is 0 Å². The van der Waals surface area contributed by atoms with Crippen LogP contribution in [-0.2, 0) is 11.3 Å². The number of carbonyl (C=O) groups is 1. The van der Waals surface area contributed by atoms with Crippen molar-refractivity contribution in [1.29, 1.82) is 0 Å². The van der Waals surface area contributed by atoms with E-state index in [0.717, 1.165) is 24.2 Å². The number of hydrogen-bond acceptors (Lipinski definition) is 4. The molecule has 21 heavy (non-hydrogen) atoms. The van der Waals surface area contributed by atoms with Gasteiger partial charge in [-0.15, -0.1) is 0 Å². The molecule has 0 heterocycles. The number of thiocarbonyl (C=S) groups is 1. The highest BCUT2D eigenvalue weighted by Gasteiger charge is 2.06. The van der Waals surface area contributed by atoms with Gasteiger partial charge in [-0.3, -0.25) is 4.79 Å². The van der Waals surface area contributed by atoms with Crippen LogP contribution >= 0.6 is 12.2 Å². The number of unbranched alkanes of at least 4 members (excludes halogenated alkanes) is 1. The number of nitrogens with one attached hydrogen (secondary N) is 2. The molecule has 5 nitrogen and oxygen atoms in total. The van der Waals surface area contributed by atoms with Crippen LogP contribution in [0.15, 0.2) is 18.2 Å². The summed E-state index contributed by atoms with van der Waals surface area (Å²) in [5.41, 5.74) is 0.988. The fourth-order valence-corrected chi connectivity index (χ4v) is 1.87. The molecule has 0 saturated heterocycles. The lowest BCUT2D eigenvalue weighted by atomic mass is 10.2. The number of carbonyl (C=O) groups excluding carboxylic acids is 1. The molecular weight excluding hydrogens is 288 g/mol. The number of hydrogen-bond donors (Lipinski definition) is 2. The second-order valence-electron chi connectivity index (χ2n) is 4.55. The molecule has 1 amide bonds. The first-order valence-electron chi connectivity index (χ1n) is 6.92. The Morgan fingerprint density at radius 3 is 2.71 bits per heavy atom. The van der Waals surface area contributed by atoms with Crippen molar-refractivity contribution in [1.82, 2.24) is 10.6 Å². The quantitative estimate of drug-likeness (QED) is 0.598. The Labute approximate surface area is 131 Å². The minimum atomic E-state index is -0.190. The van der Waals surface area contributed by atoms with Gasteiger partial charge >= 0.3 is 0 Å². The van der Waals surface area contributed by atoms with Crippen LogP contribution in [0.3, 0.4) is 0 Å². The van der Waals surface area contributed by atoms with Gasteiger partial charge in [0, 0.05) is 13.5 Å². The Balaban J connectivity index is 2.60. The molecule has 0 aliphatic rings. The van der Waals surface area contributed by atoms with Gasteiger partial charge in [-0.1, -0.05) is 19.4 Å². The molecule has 116 valence electrons. The van der Waals surface area contributed by atoms with Crippen molar-refractivity contribution < 1.29 is 14.3 Å². The van der Waals surface area contributed by atoms with E-state index in [9.17, 15) is 4.79 Å². The molecule has 0 radical (unpaired) electrons. The van der Waals surface area contributed by atoms with E-state index in [-0.39, 0.29) is 5.91 Å². The predicted octanol–water partition coefficient (Wildman–Crippen LogP) is 2.38. The number of benzene rings is 1. The molecule has 0 spiro atoms. The minimum Gasteiger partial charge on any atom is -0.493 e. The van der Waals surface area contributed by atoms with E-state index in [0.29, 0.717) is 24.0 Å². The highest BCUT2D eigenvalue weighted by Crippen LogP contribution is 2.28. The standard InChI is InChI=1S/C15H22N2O3S/c1-4-5-8-20-13-7-6-12(9-14(13)19-3)10-16-15(21)17-11(2)18/h6-7,9H,4-5,8,10H2,1-3H3,(H2,16,17,18,21). The van der Waals surface area contributed by atoms with Crippen molar-refractivity contribution in [2.24, 2.45) is 0 Å². The molecule has 0 aliphatic carbocycles. The van der Waals surface area contributed by atoms with Crippen LogP contribution < -0.4 is 20.1 Å². The second kappa shape index (κ2) is 9.18. The lowest BCUT2D eigenvalue weighted by Gasteiger charge is -2.13. The zero-order valence-corrected chi connectivity index (χ0v) is 13.5. The van der Waals surface area contributed by atoms with Gasteiger partial charge in [-0.2, -0.15) is 0 Å². The van der Waals surface area contributed by atoms with Crippen molar-refractivity contribution >= 4 is 23.2 Å². The van der Waals surface area contributed by atoms with Gasteiger partial charge < -0.3 is 20.1 Å². The van der Waals surface area contributed by atoms with E-state index in [4.69, 9.17) is 21.7 Å². The summed E-state index contributed by atoms with van der Waals surface area (Å²) in [6.07, 6.45) is 2.10. The molecule has 0 atom stereocenters. The molecule has 1 aromatic carbocycles. The third-order valence-corrected chi connectivity index (χ3v) is 2.97. The maximum absolute atomic E-state index is 10.9. The Morgan fingerprint density at radius 1 is 1.33 bits per heavy atom. The summed E-state index contributed by atoms with van der Waals surface area (Å²) in [6.45, 7) is 4.72. The second-order valence-corrected chi connectivity index (χ2v) is 4.96. The smallest absolute Gasteiger partial charge is 0.222 e. The molecule has 0 saturated carbocycles. The summed E-state index contributed by atoms with van der Waals surface area (Å²) in [4.78, 5) is 10.9. The first-order valence-corrected chi connectivity index (χ1v) is 7.32. The van der Waals surface area contributed by atoms with Gasteiger partial charge in [-0.05, 0) is 36.3 Å². The van der Waals surface area contributed by atoms with Gasteiger partial charge in [-0.25, -0.2) is 0 Å². The van der Waals surface area contributed by atoms with Crippen molar-refractivity contribution in [2.75, 3.05) is 13.7 Å². The lowest BCUT2D eigenvalue weighted by molar-refractivity contribution is -0.117. The van der Waals surface area contributed by atoms with E-state index in [1.54, 1.807) is 7.11 Å². The number of rotatable bonds is 7. The summed E-state index contributed by atoms with van der Waals surface area (Å²) in [6, 6.07) is 5.71. The van der Waals surface area contributed by atoms with Crippen molar-refractivity contribution in [3.8, 4) is 11.5 Å². The van der Waals surface area contributed by atoms with Crippen LogP contribution in [0.1, 0.15) is 32.3 Å². The topological polar surface area (TPSA) is 59.6 Å². The lowest BCUT2D eigenvalue weighted by Crippen LogP contribution is -2.37. The third kappa shape index (κ3) is 6.44. The molecule has 0 aromatic heterocycles. The van der Waals surface area contributed by atoms with Crippen molar-refractivity contribution in [3.63, 3.8) is 0 Å². The SMILES string of the molecule is CCCCOc1ccc(CNC(=S)NC(C)=O)cc1OC. The Hall–Kier alpha value is -1.82. The summed E-state index contributed by atoms with van der Waals surface area (Å²) in [5.74, 6) is 1.24. The van der Waals surface area contributed by atoms with Crippen LogP contribution in [0.2, 0.25) is 0 Å². The first kappa shape index (κ1) is 17.2. The molecular formula is C15H22N2O3S. The van der Waals surface area contributed by atoms with E-state index in [1.165, 1.54) is 6.92 Å². The van der Waals surface area contributed by atoms with Crippen LogP contribution in [0, 0.1) is 0 Å². The fraction of sp³-hybridized carbons (Fsp3) is 0.467. The maximum atomic E-state index is 10.9. The predicted molar refractivity (Wildman–Crippen MR) is 86.7 cm³/mol. The average Bonchev–Trinajstić information content (AvgIpc) is 2.45. The van der Waals surface area contributed by atoms with Gasteiger partial charge in [0.25, 0.3) is 0 Å². The molecule has 0 unspecified atom stereocenters. The Morgan fingerprint density at radius 2 is 2.10 bits per heavy atom. The van der Waals surface area contributed by atoms with Crippen LogP contribution in [-0.4, -0.2) is 24.7 Å². The zero-order valence-electron chi connectivity index (χ0n) is 12.7. The molecule has 6 heteroatoms. The highest BCUT2D eigenvalue weighted by atomic mass is 32.1. The van der Waals surface area contributed by atoms with Crippen LogP contribution in [0.4, 0.5) is 0 Å². The molecule has 0 bridgehead atoms. The summed E-state index contributed by atoms with van der Waals surface area (Å²) in [7, 11) is 1.61. The third-order valence-electron chi connectivity index (χ3n) is 2.73. The Kier molecular flexibility index (Phi) is 7.53. The van der Waals surface area contributed by atoms with Gasteiger partial charge in [0.15, 0.2) is 16.6 Å². The minimum absolute atomic E-state index is 0.190. The van der Waals surface area contributed by atoms with Crippen LogP contribution in [0.25, 0.3) is 0 Å². The van der Waals surface area contributed by atoms with Gasteiger partial charge in [0.05, 0.1) is 13.7 Å². The first-order chi connectivity index (χ1) is 10.1. The normalized spacial score (nSPS) is 9.86. The number of amides is 1. The summed E-state index contributed by atoms with van der Waals surface area (Å²) >= 11 is 4.99. The number of ether oxygens (including phenoxy) is 2. The van der Waals surface area contributed by atoms with Crippen molar-refractivity contribution in [2.45, 2.75) is 33.2 Å². The van der Waals surface area contributed by atoms with E-state index in [1.807, 2.05) is 18.2 Å². The van der Waals surface area contributed by atoms with E-state index >= 15 is 0 Å². The molecule has 1 rings (SSSR count). The molecule has 0 fully saturated rings. The average molecular weight is 310 g/mol. The molecule has 1 aromatic rings. The monoisotopic (exact) mass is 310 g/mol. The Bertz CT molecular complexity index is 492. The van der Waals surface area contributed by atoms with Crippen LogP contribution in [0.5, 0.6) is 11.5 Å².